The van der Waals surface area contributed by atoms with Crippen molar-refractivity contribution in [1.29, 1.82) is 0 Å². The van der Waals surface area contributed by atoms with Crippen LogP contribution in [0, 0.1) is 13.8 Å². The second kappa shape index (κ2) is 7.53. The van der Waals surface area contributed by atoms with Crippen LogP contribution in [0.15, 0.2) is 53.5 Å². The molecule has 0 spiro atoms. The maximum Gasteiger partial charge on any atom is 0.259 e. The highest BCUT2D eigenvalue weighted by Crippen LogP contribution is 2.27. The molecule has 27 heavy (non-hydrogen) atoms. The quantitative estimate of drug-likeness (QED) is 0.842. The second-order valence-corrected chi connectivity index (χ2v) is 7.25. The van der Waals surface area contributed by atoms with Gasteiger partial charge in [0.2, 0.25) is 5.96 Å². The topological polar surface area (TPSA) is 45.1 Å². The number of benzene rings is 2. The summed E-state index contributed by atoms with van der Waals surface area (Å²) in [6.45, 7) is 6.96. The molecule has 2 aliphatic rings. The Labute approximate surface area is 160 Å². The van der Waals surface area contributed by atoms with Gasteiger partial charge in [0, 0.05) is 19.5 Å². The number of hydrogen-bond acceptors (Lipinski definition) is 4. The Bertz CT molecular complexity index is 837. The van der Waals surface area contributed by atoms with Crippen molar-refractivity contribution in [2.45, 2.75) is 26.3 Å². The van der Waals surface area contributed by atoms with Crippen LogP contribution in [0.2, 0.25) is 0 Å². The van der Waals surface area contributed by atoms with Crippen molar-refractivity contribution in [3.05, 3.63) is 65.2 Å². The van der Waals surface area contributed by atoms with Gasteiger partial charge in [-0.1, -0.05) is 36.4 Å². The zero-order valence-electron chi connectivity index (χ0n) is 15.9. The molecule has 0 aromatic heterocycles. The molecule has 0 radical (unpaired) electrons. The number of rotatable bonds is 3. The van der Waals surface area contributed by atoms with Crippen LogP contribution in [0.1, 0.15) is 16.7 Å². The summed E-state index contributed by atoms with van der Waals surface area (Å²) < 4.78 is 5.49. The molecule has 140 valence electrons. The maximum absolute atomic E-state index is 13.3. The summed E-state index contributed by atoms with van der Waals surface area (Å²) >= 11 is 0. The first-order valence-corrected chi connectivity index (χ1v) is 9.48. The van der Waals surface area contributed by atoms with E-state index in [0.29, 0.717) is 19.6 Å². The van der Waals surface area contributed by atoms with Gasteiger partial charge in [-0.2, -0.15) is 0 Å². The summed E-state index contributed by atoms with van der Waals surface area (Å²) in [4.78, 5) is 22.2. The Morgan fingerprint density at radius 3 is 2.37 bits per heavy atom. The summed E-state index contributed by atoms with van der Waals surface area (Å²) in [5.74, 6) is 0.805. The van der Waals surface area contributed by atoms with Crippen molar-refractivity contribution in [1.82, 2.24) is 4.90 Å². The van der Waals surface area contributed by atoms with E-state index < -0.39 is 0 Å². The monoisotopic (exact) mass is 363 g/mol. The average molecular weight is 363 g/mol. The van der Waals surface area contributed by atoms with Crippen LogP contribution in [0.3, 0.4) is 0 Å². The minimum absolute atomic E-state index is 0.0466. The SMILES string of the molecule is Cc1cc(C)cc(N2C(=O)C(Cc3ccccc3)N=C2N2CCOCC2)c1. The summed E-state index contributed by atoms with van der Waals surface area (Å²) in [5, 5.41) is 0. The smallest absolute Gasteiger partial charge is 0.259 e. The van der Waals surface area contributed by atoms with Crippen LogP contribution < -0.4 is 4.90 Å². The number of nitrogens with zero attached hydrogens (tertiary/aromatic N) is 3. The summed E-state index contributed by atoms with van der Waals surface area (Å²) in [6.07, 6.45) is 0.620. The first-order chi connectivity index (χ1) is 13.1. The van der Waals surface area contributed by atoms with E-state index >= 15 is 0 Å². The Balaban J connectivity index is 1.69. The molecular formula is C22H25N3O2. The molecule has 1 fully saturated rings. The molecule has 2 aromatic rings. The van der Waals surface area contributed by atoms with Gasteiger partial charge in [-0.25, -0.2) is 9.89 Å². The predicted molar refractivity (Wildman–Crippen MR) is 107 cm³/mol. The zero-order chi connectivity index (χ0) is 18.8. The second-order valence-electron chi connectivity index (χ2n) is 7.25. The molecule has 1 saturated heterocycles. The standard InChI is InChI=1S/C22H25N3O2/c1-16-12-17(2)14-19(13-16)25-21(26)20(15-18-6-4-3-5-7-18)23-22(25)24-8-10-27-11-9-24/h3-7,12-14,20H,8-11,15H2,1-2H3. The summed E-state index contributed by atoms with van der Waals surface area (Å²) in [7, 11) is 0. The number of carbonyl (C=O) groups excluding carboxylic acids is 1. The number of guanidine groups is 1. The van der Waals surface area contributed by atoms with Gasteiger partial charge in [0.05, 0.1) is 18.9 Å². The number of amides is 1. The number of morpholine rings is 1. The predicted octanol–water partition coefficient (Wildman–Crippen LogP) is 2.95. The van der Waals surface area contributed by atoms with Gasteiger partial charge in [-0.15, -0.1) is 0 Å². The van der Waals surface area contributed by atoms with Crippen LogP contribution in [0.25, 0.3) is 0 Å². The third-order valence-electron chi connectivity index (χ3n) is 5.01. The first kappa shape index (κ1) is 17.7. The third-order valence-corrected chi connectivity index (χ3v) is 5.01. The van der Waals surface area contributed by atoms with E-state index in [4.69, 9.17) is 9.73 Å². The van der Waals surface area contributed by atoms with Gasteiger partial charge >= 0.3 is 0 Å². The van der Waals surface area contributed by atoms with E-state index in [1.165, 1.54) is 0 Å². The highest BCUT2D eigenvalue weighted by Gasteiger charge is 2.38. The van der Waals surface area contributed by atoms with Gasteiger partial charge in [0.15, 0.2) is 0 Å². The molecule has 1 atom stereocenters. The molecule has 0 saturated carbocycles. The van der Waals surface area contributed by atoms with Crippen molar-refractivity contribution in [2.75, 3.05) is 31.2 Å². The van der Waals surface area contributed by atoms with E-state index in [9.17, 15) is 4.79 Å². The van der Waals surface area contributed by atoms with E-state index in [-0.39, 0.29) is 11.9 Å². The maximum atomic E-state index is 13.3. The number of carbonyl (C=O) groups is 1. The van der Waals surface area contributed by atoms with E-state index in [2.05, 4.69) is 49.1 Å². The number of aliphatic imine (C=N–C) groups is 1. The van der Waals surface area contributed by atoms with Crippen LogP contribution in [0.4, 0.5) is 5.69 Å². The highest BCUT2D eigenvalue weighted by molar-refractivity contribution is 6.22. The Morgan fingerprint density at radius 2 is 1.70 bits per heavy atom. The molecular weight excluding hydrogens is 338 g/mol. The van der Waals surface area contributed by atoms with Gasteiger partial charge in [0.25, 0.3) is 5.91 Å². The lowest BCUT2D eigenvalue weighted by molar-refractivity contribution is -0.118. The summed E-state index contributed by atoms with van der Waals surface area (Å²) in [6, 6.07) is 16.0. The van der Waals surface area contributed by atoms with Crippen LogP contribution >= 0.6 is 0 Å². The number of hydrogen-bond donors (Lipinski definition) is 0. The number of ether oxygens (including phenoxy) is 1. The van der Waals surface area contributed by atoms with Crippen LogP contribution in [0.5, 0.6) is 0 Å². The fraction of sp³-hybridized carbons (Fsp3) is 0.364. The lowest BCUT2D eigenvalue weighted by atomic mass is 10.1. The van der Waals surface area contributed by atoms with Crippen molar-refractivity contribution >= 4 is 17.6 Å². The Morgan fingerprint density at radius 1 is 1.04 bits per heavy atom. The molecule has 5 heteroatoms. The normalized spacial score (nSPS) is 20.1. The van der Waals surface area contributed by atoms with Gasteiger partial charge in [0.1, 0.15) is 6.04 Å². The molecule has 0 N–H and O–H groups in total. The van der Waals surface area contributed by atoms with Crippen molar-refractivity contribution in [3.8, 4) is 0 Å². The third kappa shape index (κ3) is 3.74. The fourth-order valence-corrected chi connectivity index (χ4v) is 3.78. The Kier molecular flexibility index (Phi) is 4.94. The lowest BCUT2D eigenvalue weighted by Gasteiger charge is -2.32. The number of anilines is 1. The molecule has 4 rings (SSSR count). The molecule has 0 aliphatic carbocycles. The largest absolute Gasteiger partial charge is 0.378 e. The van der Waals surface area contributed by atoms with Crippen LogP contribution in [-0.4, -0.2) is 49.1 Å². The van der Waals surface area contributed by atoms with Crippen LogP contribution in [-0.2, 0) is 16.0 Å². The molecule has 0 bridgehead atoms. The molecule has 1 unspecified atom stereocenters. The van der Waals surface area contributed by atoms with E-state index in [1.807, 2.05) is 18.2 Å². The fourth-order valence-electron chi connectivity index (χ4n) is 3.78. The molecule has 2 aliphatic heterocycles. The van der Waals surface area contributed by atoms with Gasteiger partial charge < -0.3 is 9.64 Å². The zero-order valence-corrected chi connectivity index (χ0v) is 15.9. The minimum atomic E-state index is -0.383. The number of aryl methyl sites for hydroxylation is 2. The van der Waals surface area contributed by atoms with E-state index in [0.717, 1.165) is 41.4 Å². The summed E-state index contributed by atoms with van der Waals surface area (Å²) in [5.41, 5.74) is 4.32. The lowest BCUT2D eigenvalue weighted by Crippen LogP contribution is -2.49. The minimum Gasteiger partial charge on any atom is -0.378 e. The molecule has 2 aromatic carbocycles. The van der Waals surface area contributed by atoms with Crippen molar-refractivity contribution < 1.29 is 9.53 Å². The molecule has 1 amide bonds. The molecule has 2 heterocycles. The highest BCUT2D eigenvalue weighted by atomic mass is 16.5. The molecule has 5 nitrogen and oxygen atoms in total. The van der Waals surface area contributed by atoms with Crippen molar-refractivity contribution in [2.24, 2.45) is 4.99 Å². The average Bonchev–Trinajstić information content (AvgIpc) is 2.99. The first-order valence-electron chi connectivity index (χ1n) is 9.48. The van der Waals surface area contributed by atoms with Crippen molar-refractivity contribution in [3.63, 3.8) is 0 Å². The Hall–Kier alpha value is -2.66. The van der Waals surface area contributed by atoms with E-state index in [1.54, 1.807) is 4.90 Å². The van der Waals surface area contributed by atoms with Gasteiger partial charge in [-0.05, 0) is 42.7 Å². The van der Waals surface area contributed by atoms with Gasteiger partial charge in [-0.3, -0.25) is 4.79 Å².